The zero-order valence-electron chi connectivity index (χ0n) is 15.3. The van der Waals surface area contributed by atoms with Gasteiger partial charge in [-0.25, -0.2) is 4.98 Å². The van der Waals surface area contributed by atoms with Crippen LogP contribution in [0.2, 0.25) is 0 Å². The van der Waals surface area contributed by atoms with Crippen LogP contribution in [0.15, 0.2) is 29.0 Å². The average Bonchev–Trinajstić information content (AvgIpc) is 3.41. The van der Waals surface area contributed by atoms with Crippen LogP contribution < -0.4 is 5.32 Å². The van der Waals surface area contributed by atoms with E-state index >= 15 is 0 Å². The molecule has 1 atom stereocenters. The summed E-state index contributed by atoms with van der Waals surface area (Å²) in [7, 11) is 0. The molecule has 1 aliphatic rings. The predicted molar refractivity (Wildman–Crippen MR) is 114 cm³/mol. The van der Waals surface area contributed by atoms with Crippen molar-refractivity contribution in [1.82, 2.24) is 24.9 Å². The molecule has 0 saturated carbocycles. The van der Waals surface area contributed by atoms with Crippen LogP contribution in [0.4, 0.5) is 0 Å². The van der Waals surface area contributed by atoms with Gasteiger partial charge in [0, 0.05) is 9.75 Å². The summed E-state index contributed by atoms with van der Waals surface area (Å²) in [4.78, 5) is 20.5. The molecule has 1 N–H and O–H groups in total. The Morgan fingerprint density at radius 1 is 1.43 bits per heavy atom. The molecule has 6 nitrogen and oxygen atoms in total. The molecule has 0 radical (unpaired) electrons. The first-order valence-electron chi connectivity index (χ1n) is 9.25. The lowest BCUT2D eigenvalue weighted by Crippen LogP contribution is -2.24. The summed E-state index contributed by atoms with van der Waals surface area (Å²) in [5.74, 6) is 1.03. The lowest BCUT2D eigenvalue weighted by atomic mass is 9.89. The van der Waals surface area contributed by atoms with E-state index in [0.717, 1.165) is 39.5 Å². The minimum Gasteiger partial charge on any atom is -0.350 e. The third-order valence-corrected chi connectivity index (χ3v) is 8.03. The Balaban J connectivity index is 1.36. The summed E-state index contributed by atoms with van der Waals surface area (Å²) in [5.41, 5.74) is 2.26. The van der Waals surface area contributed by atoms with Gasteiger partial charge in [0.15, 0.2) is 10.8 Å². The SMILES string of the molecule is C[C@@H]1CCc2c(sc3ncn4c(SCC(=O)NCc5cccs5)nnc4c23)C1. The molecule has 0 unspecified atom stereocenters. The minimum atomic E-state index is -0.00825. The topological polar surface area (TPSA) is 72.2 Å². The fourth-order valence-corrected chi connectivity index (χ4v) is 6.32. The molecule has 4 aromatic heterocycles. The van der Waals surface area contributed by atoms with E-state index in [1.165, 1.54) is 28.6 Å². The van der Waals surface area contributed by atoms with Gasteiger partial charge in [-0.05, 0) is 42.2 Å². The number of thiophene rings is 2. The first-order chi connectivity index (χ1) is 13.7. The Labute approximate surface area is 174 Å². The van der Waals surface area contributed by atoms with Crippen LogP contribution in [0, 0.1) is 5.92 Å². The third-order valence-electron chi connectivity index (χ3n) is 5.04. The maximum Gasteiger partial charge on any atom is 0.230 e. The average molecular weight is 430 g/mol. The molecule has 4 heterocycles. The van der Waals surface area contributed by atoms with Gasteiger partial charge in [0.1, 0.15) is 11.2 Å². The Kier molecular flexibility index (Phi) is 4.82. The molecule has 0 bridgehead atoms. The lowest BCUT2D eigenvalue weighted by molar-refractivity contribution is -0.118. The highest BCUT2D eigenvalue weighted by atomic mass is 32.2. The molecular formula is C19H19N5OS3. The predicted octanol–water partition coefficient (Wildman–Crippen LogP) is 3.93. The molecule has 0 aliphatic heterocycles. The van der Waals surface area contributed by atoms with Crippen LogP contribution in [-0.4, -0.2) is 31.2 Å². The summed E-state index contributed by atoms with van der Waals surface area (Å²) in [6, 6.07) is 4.00. The zero-order chi connectivity index (χ0) is 19.1. The minimum absolute atomic E-state index is 0.00825. The highest BCUT2D eigenvalue weighted by Crippen LogP contribution is 2.39. The van der Waals surface area contributed by atoms with E-state index in [9.17, 15) is 4.79 Å². The summed E-state index contributed by atoms with van der Waals surface area (Å²) in [6.07, 6.45) is 5.20. The molecule has 0 spiro atoms. The summed E-state index contributed by atoms with van der Waals surface area (Å²) < 4.78 is 1.92. The Bertz CT molecular complexity index is 1150. The van der Waals surface area contributed by atoms with Crippen LogP contribution in [0.3, 0.4) is 0 Å². The molecule has 1 aliphatic carbocycles. The fourth-order valence-electron chi connectivity index (χ4n) is 3.60. The fraction of sp³-hybridized carbons (Fsp3) is 0.368. The zero-order valence-corrected chi connectivity index (χ0v) is 17.8. The first kappa shape index (κ1) is 18.1. The molecule has 0 saturated heterocycles. The van der Waals surface area contributed by atoms with Crippen molar-refractivity contribution in [3.63, 3.8) is 0 Å². The number of hydrogen-bond donors (Lipinski definition) is 1. The van der Waals surface area contributed by atoms with Crippen LogP contribution in [0.5, 0.6) is 0 Å². The molecule has 4 aromatic rings. The second kappa shape index (κ2) is 7.46. The van der Waals surface area contributed by atoms with Gasteiger partial charge in [-0.2, -0.15) is 0 Å². The number of amides is 1. The largest absolute Gasteiger partial charge is 0.350 e. The van der Waals surface area contributed by atoms with Crippen molar-refractivity contribution in [2.24, 2.45) is 5.92 Å². The maximum atomic E-state index is 12.2. The van der Waals surface area contributed by atoms with Crippen molar-refractivity contribution >= 4 is 56.2 Å². The highest BCUT2D eigenvalue weighted by molar-refractivity contribution is 7.99. The van der Waals surface area contributed by atoms with E-state index in [2.05, 4.69) is 27.4 Å². The Morgan fingerprint density at radius 2 is 2.36 bits per heavy atom. The van der Waals surface area contributed by atoms with E-state index in [1.54, 1.807) is 29.0 Å². The Hall–Kier alpha value is -1.97. The molecular weight excluding hydrogens is 410 g/mol. The van der Waals surface area contributed by atoms with Crippen molar-refractivity contribution < 1.29 is 4.79 Å². The quantitative estimate of drug-likeness (QED) is 0.487. The first-order valence-corrected chi connectivity index (χ1v) is 11.9. The molecule has 144 valence electrons. The summed E-state index contributed by atoms with van der Waals surface area (Å²) in [5, 5.41) is 15.6. The smallest absolute Gasteiger partial charge is 0.230 e. The van der Waals surface area contributed by atoms with Crippen LogP contribution in [0.1, 0.15) is 28.7 Å². The monoisotopic (exact) mass is 429 g/mol. The van der Waals surface area contributed by atoms with E-state index < -0.39 is 0 Å². The second-order valence-electron chi connectivity index (χ2n) is 7.10. The lowest BCUT2D eigenvalue weighted by Gasteiger charge is -2.17. The molecule has 1 amide bonds. The number of carbonyl (C=O) groups is 1. The van der Waals surface area contributed by atoms with Gasteiger partial charge in [0.25, 0.3) is 0 Å². The van der Waals surface area contributed by atoms with Gasteiger partial charge in [0.2, 0.25) is 5.91 Å². The van der Waals surface area contributed by atoms with Crippen molar-refractivity contribution in [2.75, 3.05) is 5.75 Å². The maximum absolute atomic E-state index is 12.2. The van der Waals surface area contributed by atoms with Crippen molar-refractivity contribution in [3.05, 3.63) is 39.2 Å². The van der Waals surface area contributed by atoms with Crippen LogP contribution >= 0.6 is 34.4 Å². The summed E-state index contributed by atoms with van der Waals surface area (Å²) >= 11 is 4.82. The van der Waals surface area contributed by atoms with Gasteiger partial charge in [-0.15, -0.1) is 32.9 Å². The van der Waals surface area contributed by atoms with Gasteiger partial charge in [0.05, 0.1) is 17.7 Å². The number of thioether (sulfide) groups is 1. The molecule has 0 aromatic carbocycles. The van der Waals surface area contributed by atoms with Gasteiger partial charge in [-0.1, -0.05) is 24.8 Å². The Morgan fingerprint density at radius 3 is 3.21 bits per heavy atom. The second-order valence-corrected chi connectivity index (χ2v) is 10.2. The highest BCUT2D eigenvalue weighted by Gasteiger charge is 2.24. The number of aryl methyl sites for hydroxylation is 1. The van der Waals surface area contributed by atoms with Crippen LogP contribution in [0.25, 0.3) is 15.9 Å². The molecule has 5 rings (SSSR count). The standard InChI is InChI=1S/C19H19N5OS3/c1-11-4-5-13-14(7-11)28-18-16(13)17-22-23-19(24(17)10-21-18)27-9-15(25)20-8-12-3-2-6-26-12/h2-3,6,10-11H,4-5,7-9H2,1H3,(H,20,25)/t11-/m1/s1. The third kappa shape index (κ3) is 3.31. The van der Waals surface area contributed by atoms with Gasteiger partial charge < -0.3 is 5.32 Å². The molecule has 9 heteroatoms. The molecule has 0 fully saturated rings. The van der Waals surface area contributed by atoms with Crippen molar-refractivity contribution in [3.8, 4) is 0 Å². The number of carbonyl (C=O) groups excluding carboxylic acids is 1. The van der Waals surface area contributed by atoms with Crippen molar-refractivity contribution in [2.45, 2.75) is 37.9 Å². The number of aromatic nitrogens is 4. The van der Waals surface area contributed by atoms with E-state index in [1.807, 2.05) is 21.9 Å². The van der Waals surface area contributed by atoms with Crippen molar-refractivity contribution in [1.29, 1.82) is 0 Å². The molecule has 28 heavy (non-hydrogen) atoms. The van der Waals surface area contributed by atoms with E-state index in [4.69, 9.17) is 0 Å². The van der Waals surface area contributed by atoms with E-state index in [-0.39, 0.29) is 5.91 Å². The summed E-state index contributed by atoms with van der Waals surface area (Å²) in [6.45, 7) is 2.88. The van der Waals surface area contributed by atoms with Gasteiger partial charge in [-0.3, -0.25) is 9.20 Å². The van der Waals surface area contributed by atoms with Crippen LogP contribution in [-0.2, 0) is 24.2 Å². The van der Waals surface area contributed by atoms with E-state index in [0.29, 0.717) is 17.5 Å². The number of hydrogen-bond acceptors (Lipinski definition) is 7. The van der Waals surface area contributed by atoms with Gasteiger partial charge >= 0.3 is 0 Å². The normalized spacial score (nSPS) is 16.5. The number of nitrogens with one attached hydrogen (secondary N) is 1. The number of rotatable bonds is 5. The number of fused-ring (bicyclic) bond motifs is 5. The number of nitrogens with zero attached hydrogens (tertiary/aromatic N) is 4.